The van der Waals surface area contributed by atoms with Crippen LogP contribution in [-0.4, -0.2) is 38.7 Å². The summed E-state index contributed by atoms with van der Waals surface area (Å²) in [6.45, 7) is 0. The van der Waals surface area contributed by atoms with Crippen LogP contribution in [0.15, 0.2) is 48.7 Å². The zero-order valence-electron chi connectivity index (χ0n) is 14.4. The zero-order chi connectivity index (χ0) is 21.4. The lowest BCUT2D eigenvalue weighted by atomic mass is 9.78. The molecule has 1 fully saturated rings. The van der Waals surface area contributed by atoms with Crippen LogP contribution in [0, 0.1) is 16.0 Å². The summed E-state index contributed by atoms with van der Waals surface area (Å²) >= 11 is 0. The standard InChI is InChI=1S/C17H13F3N4O5/c18-17(19,20)16(27)12(14(25)11-3-1-2-8-21-11)13(22-15(26)23-16)9-4-6-10(7-5-9)24(28)29/h1-8,12-13,27H,(H2,22,23,26)/t12-,13-,16+/m1/s1. The van der Waals surface area contributed by atoms with Crippen molar-refractivity contribution in [3.05, 3.63) is 70.0 Å². The SMILES string of the molecule is O=C1N[C@H](c2ccc([N+](=O)[O-])cc2)[C@H](C(=O)c2ccccn2)[C@](O)(C(F)(F)F)N1. The van der Waals surface area contributed by atoms with E-state index in [2.05, 4.69) is 10.3 Å². The smallest absolute Gasteiger partial charge is 0.363 e. The fourth-order valence-electron chi connectivity index (χ4n) is 3.09. The Morgan fingerprint density at radius 1 is 1.21 bits per heavy atom. The molecule has 0 saturated carbocycles. The van der Waals surface area contributed by atoms with Crippen LogP contribution < -0.4 is 10.6 Å². The van der Waals surface area contributed by atoms with Gasteiger partial charge in [-0.1, -0.05) is 18.2 Å². The van der Waals surface area contributed by atoms with Crippen LogP contribution in [-0.2, 0) is 0 Å². The molecule has 12 heteroatoms. The molecule has 0 spiro atoms. The van der Waals surface area contributed by atoms with Crippen molar-refractivity contribution in [1.29, 1.82) is 0 Å². The predicted molar refractivity (Wildman–Crippen MR) is 90.6 cm³/mol. The quantitative estimate of drug-likeness (QED) is 0.401. The van der Waals surface area contributed by atoms with Gasteiger partial charge in [0, 0.05) is 18.3 Å². The minimum Gasteiger partial charge on any atom is -0.363 e. The van der Waals surface area contributed by atoms with E-state index in [4.69, 9.17) is 0 Å². The zero-order valence-corrected chi connectivity index (χ0v) is 14.4. The number of non-ortho nitro benzene ring substituents is 1. The molecule has 1 aliphatic rings. The highest BCUT2D eigenvalue weighted by atomic mass is 19.4. The van der Waals surface area contributed by atoms with Crippen molar-refractivity contribution >= 4 is 17.5 Å². The van der Waals surface area contributed by atoms with Crippen molar-refractivity contribution in [1.82, 2.24) is 15.6 Å². The molecular formula is C17H13F3N4O5. The number of amides is 2. The maximum Gasteiger partial charge on any atom is 0.437 e. The van der Waals surface area contributed by atoms with Gasteiger partial charge >= 0.3 is 12.2 Å². The van der Waals surface area contributed by atoms with E-state index < -0.39 is 40.6 Å². The van der Waals surface area contributed by atoms with Gasteiger partial charge in [0.2, 0.25) is 5.72 Å². The van der Waals surface area contributed by atoms with Crippen LogP contribution in [0.4, 0.5) is 23.7 Å². The highest BCUT2D eigenvalue weighted by Crippen LogP contribution is 2.43. The second-order valence-electron chi connectivity index (χ2n) is 6.25. The Kier molecular flexibility index (Phi) is 4.96. The number of aromatic nitrogens is 1. The number of hydrogen-bond donors (Lipinski definition) is 3. The van der Waals surface area contributed by atoms with Gasteiger partial charge in [-0.3, -0.25) is 19.9 Å². The number of nitrogens with zero attached hydrogens (tertiary/aromatic N) is 2. The van der Waals surface area contributed by atoms with Crippen LogP contribution in [0.25, 0.3) is 0 Å². The highest BCUT2D eigenvalue weighted by molar-refractivity contribution is 5.99. The summed E-state index contributed by atoms with van der Waals surface area (Å²) in [4.78, 5) is 38.6. The van der Waals surface area contributed by atoms with Crippen molar-refractivity contribution in [2.24, 2.45) is 5.92 Å². The van der Waals surface area contributed by atoms with Crippen molar-refractivity contribution < 1.29 is 32.8 Å². The molecule has 29 heavy (non-hydrogen) atoms. The lowest BCUT2D eigenvalue weighted by Crippen LogP contribution is -2.72. The summed E-state index contributed by atoms with van der Waals surface area (Å²) in [5, 5.41) is 24.8. The third-order valence-electron chi connectivity index (χ3n) is 4.47. The number of rotatable bonds is 4. The van der Waals surface area contributed by atoms with Crippen LogP contribution in [0.1, 0.15) is 22.1 Å². The molecule has 3 atom stereocenters. The van der Waals surface area contributed by atoms with E-state index in [0.29, 0.717) is 0 Å². The number of alkyl halides is 3. The number of urea groups is 1. The van der Waals surface area contributed by atoms with E-state index in [1.165, 1.54) is 29.7 Å². The number of carbonyl (C=O) groups is 2. The first-order valence-electron chi connectivity index (χ1n) is 8.12. The molecule has 1 aliphatic heterocycles. The average molecular weight is 410 g/mol. The second kappa shape index (κ2) is 7.13. The summed E-state index contributed by atoms with van der Waals surface area (Å²) < 4.78 is 41.2. The Hall–Kier alpha value is -3.54. The first-order chi connectivity index (χ1) is 13.5. The van der Waals surface area contributed by atoms with Crippen molar-refractivity contribution in [2.45, 2.75) is 17.9 Å². The van der Waals surface area contributed by atoms with Gasteiger partial charge in [0.05, 0.1) is 11.0 Å². The van der Waals surface area contributed by atoms with Gasteiger partial charge in [-0.05, 0) is 17.7 Å². The Bertz CT molecular complexity index is 952. The third kappa shape index (κ3) is 3.61. The molecular weight excluding hydrogens is 397 g/mol. The second-order valence-corrected chi connectivity index (χ2v) is 6.25. The lowest BCUT2D eigenvalue weighted by Gasteiger charge is -2.44. The van der Waals surface area contributed by atoms with E-state index in [1.807, 2.05) is 0 Å². The van der Waals surface area contributed by atoms with E-state index >= 15 is 0 Å². The molecule has 9 nitrogen and oxygen atoms in total. The van der Waals surface area contributed by atoms with E-state index in [0.717, 1.165) is 24.3 Å². The number of Topliss-reactive ketones (excluding diaryl/α,β-unsaturated/α-hetero) is 1. The summed E-state index contributed by atoms with van der Waals surface area (Å²) in [5.41, 5.74) is -4.63. The van der Waals surface area contributed by atoms with Gasteiger partial charge in [0.15, 0.2) is 5.78 Å². The topological polar surface area (TPSA) is 134 Å². The van der Waals surface area contributed by atoms with Crippen molar-refractivity contribution in [2.75, 3.05) is 0 Å². The first kappa shape index (κ1) is 20.2. The average Bonchev–Trinajstić information content (AvgIpc) is 2.67. The van der Waals surface area contributed by atoms with Crippen LogP contribution in [0.2, 0.25) is 0 Å². The number of carbonyl (C=O) groups excluding carboxylic acids is 2. The van der Waals surface area contributed by atoms with Gasteiger partial charge in [0.25, 0.3) is 5.69 Å². The summed E-state index contributed by atoms with van der Waals surface area (Å²) in [6, 6.07) is 5.22. The molecule has 1 saturated heterocycles. The molecule has 152 valence electrons. The van der Waals surface area contributed by atoms with Crippen molar-refractivity contribution in [3.63, 3.8) is 0 Å². The highest BCUT2D eigenvalue weighted by Gasteiger charge is 2.66. The molecule has 0 aliphatic carbocycles. The fourth-order valence-corrected chi connectivity index (χ4v) is 3.09. The number of pyridine rings is 1. The molecule has 1 aromatic heterocycles. The number of nitro benzene ring substituents is 1. The van der Waals surface area contributed by atoms with Gasteiger partial charge in [-0.15, -0.1) is 0 Å². The fraction of sp³-hybridized carbons (Fsp3) is 0.235. The predicted octanol–water partition coefficient (Wildman–Crippen LogP) is 2.09. The summed E-state index contributed by atoms with van der Waals surface area (Å²) in [6.07, 6.45) is -4.21. The summed E-state index contributed by atoms with van der Waals surface area (Å²) in [5.74, 6) is -3.43. The Balaban J connectivity index is 2.14. The molecule has 2 amide bonds. The first-order valence-corrected chi connectivity index (χ1v) is 8.12. The molecule has 3 N–H and O–H groups in total. The lowest BCUT2D eigenvalue weighted by molar-refractivity contribution is -0.384. The molecule has 0 bridgehead atoms. The molecule has 3 rings (SSSR count). The number of ketones is 1. The Morgan fingerprint density at radius 3 is 2.38 bits per heavy atom. The number of hydrogen-bond acceptors (Lipinski definition) is 6. The normalized spacial score (nSPS) is 24.3. The number of halogens is 3. The Labute approximate surface area is 160 Å². The van der Waals surface area contributed by atoms with Crippen LogP contribution in [0.5, 0.6) is 0 Å². The minimum absolute atomic E-state index is 0.0394. The van der Waals surface area contributed by atoms with Crippen LogP contribution >= 0.6 is 0 Å². The number of benzene rings is 1. The number of aliphatic hydroxyl groups is 1. The van der Waals surface area contributed by atoms with Crippen molar-refractivity contribution in [3.8, 4) is 0 Å². The largest absolute Gasteiger partial charge is 0.437 e. The maximum absolute atomic E-state index is 13.7. The minimum atomic E-state index is -5.40. The molecule has 0 radical (unpaired) electrons. The van der Waals surface area contributed by atoms with Gasteiger partial charge < -0.3 is 15.7 Å². The van der Waals surface area contributed by atoms with E-state index in [1.54, 1.807) is 0 Å². The van der Waals surface area contributed by atoms with Crippen LogP contribution in [0.3, 0.4) is 0 Å². The molecule has 1 aromatic carbocycles. The molecule has 2 aromatic rings. The molecule has 2 heterocycles. The van der Waals surface area contributed by atoms with Gasteiger partial charge in [-0.2, -0.15) is 13.2 Å². The van der Waals surface area contributed by atoms with E-state index in [-0.39, 0.29) is 16.9 Å². The third-order valence-corrected chi connectivity index (χ3v) is 4.47. The van der Waals surface area contributed by atoms with Gasteiger partial charge in [-0.25, -0.2) is 4.79 Å². The maximum atomic E-state index is 13.7. The number of nitro groups is 1. The van der Waals surface area contributed by atoms with Gasteiger partial charge in [0.1, 0.15) is 11.6 Å². The van der Waals surface area contributed by atoms with E-state index in [9.17, 15) is 38.0 Å². The Morgan fingerprint density at radius 2 is 1.86 bits per heavy atom. The molecule has 0 unspecified atom stereocenters. The monoisotopic (exact) mass is 410 g/mol. The summed E-state index contributed by atoms with van der Waals surface area (Å²) in [7, 11) is 0. The number of nitrogens with one attached hydrogen (secondary N) is 2.